The minimum atomic E-state index is -0.935. The average molecular weight is 247 g/mol. The largest absolute Gasteiger partial charge is 0.242 e. The minimum absolute atomic E-state index is 0.162. The first-order chi connectivity index (χ1) is 7.98. The number of nitrogens with zero attached hydrogens (tertiary/aromatic N) is 1. The van der Waals surface area contributed by atoms with Crippen LogP contribution < -0.4 is 0 Å². The second-order valence-corrected chi connectivity index (χ2v) is 7.30. The molecule has 1 aliphatic heterocycles. The van der Waals surface area contributed by atoms with Gasteiger partial charge in [0, 0.05) is 12.1 Å². The Hall–Kier alpha value is -1.11. The Morgan fingerprint density at radius 3 is 2.53 bits per heavy atom. The molecule has 0 bridgehead atoms. The monoisotopic (exact) mass is 247 g/mol. The van der Waals surface area contributed by atoms with Crippen LogP contribution >= 0.6 is 0 Å². The van der Waals surface area contributed by atoms with Crippen molar-refractivity contribution in [2.75, 3.05) is 6.54 Å². The normalized spacial score (nSPS) is 24.6. The Bertz CT molecular complexity index is 478. The highest BCUT2D eigenvalue weighted by atomic mass is 32.2. The first-order valence-corrected chi connectivity index (χ1v) is 6.84. The van der Waals surface area contributed by atoms with Crippen molar-refractivity contribution in [2.24, 2.45) is 0 Å². The van der Waals surface area contributed by atoms with Gasteiger partial charge in [0.15, 0.2) is 0 Å². The van der Waals surface area contributed by atoms with Crippen LogP contribution in [0.1, 0.15) is 26.3 Å². The highest BCUT2D eigenvalue weighted by Gasteiger charge is 2.42. The zero-order chi connectivity index (χ0) is 12.5. The summed E-state index contributed by atoms with van der Waals surface area (Å²) < 4.78 is 13.8. The lowest BCUT2D eigenvalue weighted by Gasteiger charge is -2.17. The molecule has 0 aromatic heterocycles. The summed E-state index contributed by atoms with van der Waals surface area (Å²) in [5, 5.41) is 0. The molecule has 0 saturated carbocycles. The number of benzene rings is 1. The number of hydrogen-bond acceptors (Lipinski definition) is 1. The second-order valence-electron chi connectivity index (χ2n) is 5.11. The van der Waals surface area contributed by atoms with Crippen LogP contribution in [0, 0.1) is 11.8 Å². The summed E-state index contributed by atoms with van der Waals surface area (Å²) in [6.45, 7) is 6.79. The molecule has 0 N–H and O–H groups in total. The summed E-state index contributed by atoms with van der Waals surface area (Å²) in [7, 11) is -0.935. The van der Waals surface area contributed by atoms with Crippen molar-refractivity contribution in [1.29, 1.82) is 0 Å². The molecule has 0 spiro atoms. The van der Waals surface area contributed by atoms with Crippen LogP contribution in [-0.2, 0) is 11.0 Å². The number of hydrogen-bond donors (Lipinski definition) is 0. The third kappa shape index (κ3) is 3.18. The lowest BCUT2D eigenvalue weighted by Crippen LogP contribution is -2.27. The quantitative estimate of drug-likeness (QED) is 0.550. The van der Waals surface area contributed by atoms with E-state index in [9.17, 15) is 4.21 Å². The standard InChI is InChI=1S/C14H17NOS/c1-14(2,3)17(16)15-11-13(15)10-9-12-7-5-4-6-8-12/h4-8,13H,11H2,1-3H3. The number of rotatable bonds is 1. The summed E-state index contributed by atoms with van der Waals surface area (Å²) in [6, 6.07) is 10.1. The topological polar surface area (TPSA) is 20.1 Å². The molecule has 1 saturated heterocycles. The molecule has 2 nitrogen and oxygen atoms in total. The van der Waals surface area contributed by atoms with Gasteiger partial charge in [-0.1, -0.05) is 30.0 Å². The summed E-state index contributed by atoms with van der Waals surface area (Å²) in [6.07, 6.45) is 0. The van der Waals surface area contributed by atoms with E-state index >= 15 is 0 Å². The Morgan fingerprint density at radius 2 is 1.94 bits per heavy atom. The molecule has 3 heteroatoms. The van der Waals surface area contributed by atoms with Gasteiger partial charge in [0.25, 0.3) is 0 Å². The SMILES string of the molecule is CC(C)(C)S(=O)N1CC1C#Cc1ccccc1. The highest BCUT2D eigenvalue weighted by molar-refractivity contribution is 7.84. The predicted octanol–water partition coefficient (Wildman–Crippen LogP) is 2.18. The summed E-state index contributed by atoms with van der Waals surface area (Å²) in [4.78, 5) is 0. The van der Waals surface area contributed by atoms with Gasteiger partial charge in [0.1, 0.15) is 11.0 Å². The molecule has 1 aromatic rings. The highest BCUT2D eigenvalue weighted by Crippen LogP contribution is 2.26. The second kappa shape index (κ2) is 4.64. The maximum atomic E-state index is 12.0. The van der Waals surface area contributed by atoms with Crippen molar-refractivity contribution < 1.29 is 4.21 Å². The lowest BCUT2D eigenvalue weighted by molar-refractivity contribution is 0.613. The van der Waals surface area contributed by atoms with E-state index < -0.39 is 11.0 Å². The van der Waals surface area contributed by atoms with Gasteiger partial charge in [-0.25, -0.2) is 8.51 Å². The summed E-state index contributed by atoms with van der Waals surface area (Å²) in [5.74, 6) is 6.28. The van der Waals surface area contributed by atoms with Crippen LogP contribution in [0.4, 0.5) is 0 Å². The van der Waals surface area contributed by atoms with Crippen molar-refractivity contribution in [3.05, 3.63) is 35.9 Å². The fraction of sp³-hybridized carbons (Fsp3) is 0.429. The van der Waals surface area contributed by atoms with Gasteiger partial charge in [-0.05, 0) is 32.9 Å². The molecule has 3 unspecified atom stereocenters. The fourth-order valence-corrected chi connectivity index (χ4v) is 2.73. The third-order valence-electron chi connectivity index (χ3n) is 2.46. The van der Waals surface area contributed by atoms with E-state index in [1.54, 1.807) is 0 Å². The molecular weight excluding hydrogens is 230 g/mol. The molecule has 1 fully saturated rings. The molecule has 0 amide bonds. The molecule has 2 rings (SSSR count). The van der Waals surface area contributed by atoms with Crippen LogP contribution in [0.25, 0.3) is 0 Å². The zero-order valence-electron chi connectivity index (χ0n) is 10.4. The van der Waals surface area contributed by atoms with E-state index in [1.807, 2.05) is 55.4 Å². The molecule has 1 aromatic carbocycles. The predicted molar refractivity (Wildman–Crippen MR) is 71.7 cm³/mol. The van der Waals surface area contributed by atoms with E-state index in [-0.39, 0.29) is 10.8 Å². The van der Waals surface area contributed by atoms with Gasteiger partial charge in [-0.2, -0.15) is 0 Å². The molecule has 0 aliphatic carbocycles. The Morgan fingerprint density at radius 1 is 1.29 bits per heavy atom. The van der Waals surface area contributed by atoms with Gasteiger partial charge in [-0.3, -0.25) is 0 Å². The molecule has 3 atom stereocenters. The molecule has 1 aliphatic rings. The van der Waals surface area contributed by atoms with Gasteiger partial charge < -0.3 is 0 Å². The Labute approximate surface area is 106 Å². The first kappa shape index (κ1) is 12.3. The van der Waals surface area contributed by atoms with Crippen LogP contribution in [0.15, 0.2) is 30.3 Å². The van der Waals surface area contributed by atoms with Crippen LogP contribution in [0.2, 0.25) is 0 Å². The average Bonchev–Trinajstić information content (AvgIpc) is 3.05. The molecule has 17 heavy (non-hydrogen) atoms. The third-order valence-corrected chi connectivity index (χ3v) is 4.34. The van der Waals surface area contributed by atoms with E-state index in [0.717, 1.165) is 12.1 Å². The van der Waals surface area contributed by atoms with Crippen LogP contribution in [0.3, 0.4) is 0 Å². The molecule has 90 valence electrons. The molecule has 0 radical (unpaired) electrons. The van der Waals surface area contributed by atoms with E-state index in [4.69, 9.17) is 0 Å². The Balaban J connectivity index is 1.98. The van der Waals surface area contributed by atoms with Gasteiger partial charge >= 0.3 is 0 Å². The fourth-order valence-electron chi connectivity index (χ4n) is 1.46. The van der Waals surface area contributed by atoms with E-state index in [1.165, 1.54) is 0 Å². The lowest BCUT2D eigenvalue weighted by atomic mass is 10.2. The summed E-state index contributed by atoms with van der Waals surface area (Å²) >= 11 is 0. The smallest absolute Gasteiger partial charge is 0.101 e. The Kier molecular flexibility index (Phi) is 3.37. The molecular formula is C14H17NOS. The maximum absolute atomic E-state index is 12.0. The van der Waals surface area contributed by atoms with E-state index in [2.05, 4.69) is 11.8 Å². The van der Waals surface area contributed by atoms with Gasteiger partial charge in [0.05, 0.1) is 10.8 Å². The van der Waals surface area contributed by atoms with Crippen molar-refractivity contribution in [2.45, 2.75) is 31.6 Å². The maximum Gasteiger partial charge on any atom is 0.101 e. The van der Waals surface area contributed by atoms with Gasteiger partial charge in [-0.15, -0.1) is 0 Å². The summed E-state index contributed by atoms with van der Waals surface area (Å²) in [5.41, 5.74) is 1.01. The van der Waals surface area contributed by atoms with Crippen molar-refractivity contribution >= 4 is 11.0 Å². The molecule has 1 heterocycles. The van der Waals surface area contributed by atoms with Gasteiger partial charge in [0.2, 0.25) is 0 Å². The van der Waals surface area contributed by atoms with Crippen molar-refractivity contribution in [3.63, 3.8) is 0 Å². The van der Waals surface area contributed by atoms with Crippen LogP contribution in [-0.4, -0.2) is 25.8 Å². The van der Waals surface area contributed by atoms with Crippen molar-refractivity contribution in [1.82, 2.24) is 4.31 Å². The van der Waals surface area contributed by atoms with Crippen molar-refractivity contribution in [3.8, 4) is 11.8 Å². The van der Waals surface area contributed by atoms with Crippen LogP contribution in [0.5, 0.6) is 0 Å². The zero-order valence-corrected chi connectivity index (χ0v) is 11.3. The van der Waals surface area contributed by atoms with E-state index in [0.29, 0.717) is 0 Å². The first-order valence-electron chi connectivity index (χ1n) is 5.74. The minimum Gasteiger partial charge on any atom is -0.242 e.